The highest BCUT2D eigenvalue weighted by molar-refractivity contribution is 5.87. The molecule has 1 atom stereocenters. The third-order valence-electron chi connectivity index (χ3n) is 2.80. The molecule has 0 saturated carbocycles. The molecular weight excluding hydrogens is 270 g/mol. The van der Waals surface area contributed by atoms with Crippen LogP contribution in [-0.2, 0) is 11.2 Å². The molecule has 5 nitrogen and oxygen atoms in total. The normalized spacial score (nSPS) is 12.6. The molecule has 0 aliphatic heterocycles. The first-order chi connectivity index (χ1) is 9.67. The molecule has 0 unspecified atom stereocenters. The van der Waals surface area contributed by atoms with E-state index in [9.17, 15) is 9.59 Å². The Morgan fingerprint density at radius 1 is 1.33 bits per heavy atom. The lowest BCUT2D eigenvalue weighted by atomic mass is 10.0. The molecule has 0 aromatic heterocycles. The Morgan fingerprint density at radius 2 is 2.00 bits per heavy atom. The zero-order valence-corrected chi connectivity index (χ0v) is 13.0. The summed E-state index contributed by atoms with van der Waals surface area (Å²) >= 11 is 0. The maximum atomic E-state index is 11.6. The van der Waals surface area contributed by atoms with Gasteiger partial charge in [0.2, 0.25) is 0 Å². The van der Waals surface area contributed by atoms with Crippen molar-refractivity contribution in [3.8, 4) is 0 Å². The molecule has 21 heavy (non-hydrogen) atoms. The van der Waals surface area contributed by atoms with Gasteiger partial charge in [0.05, 0.1) is 5.56 Å². The third-order valence-corrected chi connectivity index (χ3v) is 2.80. The van der Waals surface area contributed by atoms with Gasteiger partial charge in [-0.05, 0) is 58.2 Å². The van der Waals surface area contributed by atoms with E-state index in [-0.39, 0.29) is 11.6 Å². The summed E-state index contributed by atoms with van der Waals surface area (Å²) in [4.78, 5) is 22.5. The summed E-state index contributed by atoms with van der Waals surface area (Å²) in [7, 11) is 0. The second-order valence-corrected chi connectivity index (χ2v) is 6.09. The monoisotopic (exact) mass is 293 g/mol. The second kappa shape index (κ2) is 7.11. The van der Waals surface area contributed by atoms with Crippen LogP contribution in [0.1, 0.15) is 50.0 Å². The number of rotatable bonds is 5. The number of carboxylic acids is 1. The van der Waals surface area contributed by atoms with E-state index in [1.165, 1.54) is 0 Å². The van der Waals surface area contributed by atoms with Gasteiger partial charge in [-0.3, -0.25) is 0 Å². The van der Waals surface area contributed by atoms with Gasteiger partial charge in [-0.25, -0.2) is 9.59 Å². The van der Waals surface area contributed by atoms with E-state index in [2.05, 4.69) is 5.32 Å². The van der Waals surface area contributed by atoms with Crippen molar-refractivity contribution in [2.24, 2.45) is 0 Å². The van der Waals surface area contributed by atoms with Crippen LogP contribution in [0.4, 0.5) is 4.79 Å². The molecule has 0 heterocycles. The van der Waals surface area contributed by atoms with E-state index in [1.807, 2.05) is 33.8 Å². The van der Waals surface area contributed by atoms with Gasteiger partial charge >= 0.3 is 12.1 Å². The quantitative estimate of drug-likeness (QED) is 0.874. The summed E-state index contributed by atoms with van der Waals surface area (Å²) in [5, 5.41) is 11.7. The Kier molecular flexibility index (Phi) is 5.76. The van der Waals surface area contributed by atoms with E-state index in [0.29, 0.717) is 12.8 Å². The van der Waals surface area contributed by atoms with Gasteiger partial charge in [0, 0.05) is 6.04 Å². The van der Waals surface area contributed by atoms with Crippen molar-refractivity contribution in [3.63, 3.8) is 0 Å². The minimum atomic E-state index is -0.934. The number of carbonyl (C=O) groups is 2. The SMILES string of the molecule is C[C@H](CCc1cccc(C(=O)O)c1)NC(=O)OC(C)(C)C. The van der Waals surface area contributed by atoms with Crippen LogP contribution in [0, 0.1) is 0 Å². The predicted molar refractivity (Wildman–Crippen MR) is 80.6 cm³/mol. The van der Waals surface area contributed by atoms with Crippen molar-refractivity contribution < 1.29 is 19.4 Å². The largest absolute Gasteiger partial charge is 0.478 e. The number of nitrogens with one attached hydrogen (secondary N) is 1. The van der Waals surface area contributed by atoms with Crippen LogP contribution in [0.2, 0.25) is 0 Å². The molecule has 2 N–H and O–H groups in total. The Morgan fingerprint density at radius 3 is 2.57 bits per heavy atom. The van der Waals surface area contributed by atoms with Crippen LogP contribution in [0.25, 0.3) is 0 Å². The van der Waals surface area contributed by atoms with Crippen LogP contribution in [-0.4, -0.2) is 28.8 Å². The lowest BCUT2D eigenvalue weighted by Gasteiger charge is -2.22. The lowest BCUT2D eigenvalue weighted by Crippen LogP contribution is -2.37. The van der Waals surface area contributed by atoms with Crippen molar-refractivity contribution in [2.75, 3.05) is 0 Å². The number of carbonyl (C=O) groups excluding carboxylic acids is 1. The standard InChI is InChI=1S/C16H23NO4/c1-11(17-15(20)21-16(2,3)4)8-9-12-6-5-7-13(10-12)14(18)19/h5-7,10-11H,8-9H2,1-4H3,(H,17,20)(H,18,19)/t11-/m1/s1. The van der Waals surface area contributed by atoms with Crippen molar-refractivity contribution in [1.82, 2.24) is 5.32 Å². The first-order valence-corrected chi connectivity index (χ1v) is 6.99. The first-order valence-electron chi connectivity index (χ1n) is 6.99. The number of aromatic carboxylic acids is 1. The Balaban J connectivity index is 2.46. The van der Waals surface area contributed by atoms with E-state index in [0.717, 1.165) is 5.56 Å². The van der Waals surface area contributed by atoms with Gasteiger partial charge in [0.15, 0.2) is 0 Å². The average molecular weight is 293 g/mol. The molecule has 1 rings (SSSR count). The molecule has 116 valence electrons. The number of amides is 1. The molecule has 1 aromatic rings. The van der Waals surface area contributed by atoms with Gasteiger partial charge in [0.25, 0.3) is 0 Å². The zero-order valence-electron chi connectivity index (χ0n) is 13.0. The fourth-order valence-electron chi connectivity index (χ4n) is 1.82. The van der Waals surface area contributed by atoms with E-state index in [4.69, 9.17) is 9.84 Å². The molecule has 0 aliphatic carbocycles. The van der Waals surface area contributed by atoms with Gasteiger partial charge in [-0.15, -0.1) is 0 Å². The summed E-state index contributed by atoms with van der Waals surface area (Å²) in [6.45, 7) is 7.34. The minimum Gasteiger partial charge on any atom is -0.478 e. The molecule has 0 saturated heterocycles. The van der Waals surface area contributed by atoms with Crippen molar-refractivity contribution in [1.29, 1.82) is 0 Å². The molecule has 1 aromatic carbocycles. The third kappa shape index (κ3) is 6.79. The second-order valence-electron chi connectivity index (χ2n) is 6.09. The number of hydrogen-bond donors (Lipinski definition) is 2. The summed E-state index contributed by atoms with van der Waals surface area (Å²) in [5.41, 5.74) is 0.701. The highest BCUT2D eigenvalue weighted by Gasteiger charge is 2.17. The summed E-state index contributed by atoms with van der Waals surface area (Å²) in [6, 6.07) is 6.78. The minimum absolute atomic E-state index is 0.0478. The van der Waals surface area contributed by atoms with Crippen LogP contribution >= 0.6 is 0 Å². The zero-order chi connectivity index (χ0) is 16.0. The maximum Gasteiger partial charge on any atom is 0.407 e. The van der Waals surface area contributed by atoms with Crippen molar-refractivity contribution >= 4 is 12.1 Å². The average Bonchev–Trinajstić information content (AvgIpc) is 2.34. The number of aryl methyl sites for hydroxylation is 1. The van der Waals surface area contributed by atoms with E-state index in [1.54, 1.807) is 18.2 Å². The Bertz CT molecular complexity index is 505. The van der Waals surface area contributed by atoms with Gasteiger partial charge in [0.1, 0.15) is 5.60 Å². The number of hydrogen-bond acceptors (Lipinski definition) is 3. The molecule has 0 bridgehead atoms. The Hall–Kier alpha value is -2.04. The van der Waals surface area contributed by atoms with Crippen LogP contribution in [0.15, 0.2) is 24.3 Å². The van der Waals surface area contributed by atoms with Crippen molar-refractivity contribution in [3.05, 3.63) is 35.4 Å². The molecule has 0 aliphatic rings. The molecule has 5 heteroatoms. The molecule has 0 fully saturated rings. The lowest BCUT2D eigenvalue weighted by molar-refractivity contribution is 0.0506. The smallest absolute Gasteiger partial charge is 0.407 e. The van der Waals surface area contributed by atoms with Gasteiger partial charge in [-0.2, -0.15) is 0 Å². The number of benzene rings is 1. The van der Waals surface area contributed by atoms with Gasteiger partial charge < -0.3 is 15.2 Å². The Labute approximate surface area is 125 Å². The number of carboxylic acid groups (broad SMARTS) is 1. The number of ether oxygens (including phenoxy) is 1. The fourth-order valence-corrected chi connectivity index (χ4v) is 1.82. The van der Waals surface area contributed by atoms with Crippen LogP contribution in [0.5, 0.6) is 0 Å². The van der Waals surface area contributed by atoms with E-state index >= 15 is 0 Å². The highest BCUT2D eigenvalue weighted by Crippen LogP contribution is 2.10. The summed E-state index contributed by atoms with van der Waals surface area (Å²) in [6.07, 6.45) is 0.967. The van der Waals surface area contributed by atoms with Gasteiger partial charge in [-0.1, -0.05) is 12.1 Å². The maximum absolute atomic E-state index is 11.6. The van der Waals surface area contributed by atoms with Crippen LogP contribution < -0.4 is 5.32 Å². The molecule has 0 spiro atoms. The fraction of sp³-hybridized carbons (Fsp3) is 0.500. The molecule has 0 radical (unpaired) electrons. The summed E-state index contributed by atoms with van der Waals surface area (Å²) in [5.74, 6) is -0.934. The van der Waals surface area contributed by atoms with Crippen molar-refractivity contribution in [2.45, 2.75) is 52.2 Å². The topological polar surface area (TPSA) is 75.6 Å². The molecule has 1 amide bonds. The van der Waals surface area contributed by atoms with E-state index < -0.39 is 17.7 Å². The first kappa shape index (κ1) is 17.0. The number of alkyl carbamates (subject to hydrolysis) is 1. The molecular formula is C16H23NO4. The summed E-state index contributed by atoms with van der Waals surface area (Å²) < 4.78 is 5.18. The van der Waals surface area contributed by atoms with Crippen LogP contribution in [0.3, 0.4) is 0 Å². The highest BCUT2D eigenvalue weighted by atomic mass is 16.6. The predicted octanol–water partition coefficient (Wildman–Crippen LogP) is 3.23.